The minimum atomic E-state index is -0.448. The van der Waals surface area contributed by atoms with Gasteiger partial charge in [0, 0.05) is 48.4 Å². The lowest BCUT2D eigenvalue weighted by Crippen LogP contribution is -2.38. The number of hydrogen-bond donors (Lipinski definition) is 2. The van der Waals surface area contributed by atoms with Gasteiger partial charge in [-0.1, -0.05) is 26.0 Å². The van der Waals surface area contributed by atoms with E-state index < -0.39 is 11.5 Å². The highest BCUT2D eigenvalue weighted by atomic mass is 19.1. The van der Waals surface area contributed by atoms with Crippen molar-refractivity contribution in [3.8, 4) is 11.3 Å². The maximum atomic E-state index is 14.2. The molecule has 2 N–H and O–H groups in total. The van der Waals surface area contributed by atoms with Crippen LogP contribution in [0, 0.1) is 5.82 Å². The predicted molar refractivity (Wildman–Crippen MR) is 101 cm³/mol. The highest BCUT2D eigenvalue weighted by molar-refractivity contribution is 5.93. The molecule has 3 aromatic rings. The number of H-pyrrole nitrogens is 2. The predicted octanol–water partition coefficient (Wildman–Crippen LogP) is 2.62. The summed E-state index contributed by atoms with van der Waals surface area (Å²) in [4.78, 5) is 33.7. The number of halogens is 1. The van der Waals surface area contributed by atoms with Crippen LogP contribution in [0.2, 0.25) is 0 Å². The van der Waals surface area contributed by atoms with Crippen molar-refractivity contribution in [2.45, 2.75) is 32.7 Å². The van der Waals surface area contributed by atoms with Crippen LogP contribution in [0.25, 0.3) is 11.3 Å². The molecule has 1 aromatic carbocycles. The molecular formula is C20H20FN5O2. The first-order chi connectivity index (χ1) is 13.5. The smallest absolute Gasteiger partial charge is 0.263 e. The topological polar surface area (TPSA) is 94.7 Å². The third-order valence-corrected chi connectivity index (χ3v) is 4.95. The van der Waals surface area contributed by atoms with Crippen LogP contribution in [0.3, 0.4) is 0 Å². The van der Waals surface area contributed by atoms with Crippen molar-refractivity contribution in [2.75, 3.05) is 6.54 Å². The Hall–Kier alpha value is -3.29. The molecule has 8 heteroatoms. The molecule has 1 aliphatic heterocycles. The highest BCUT2D eigenvalue weighted by Crippen LogP contribution is 2.30. The van der Waals surface area contributed by atoms with Crippen LogP contribution in [0.4, 0.5) is 4.39 Å². The molecule has 2 aromatic heterocycles. The second-order valence-corrected chi connectivity index (χ2v) is 7.15. The lowest BCUT2D eigenvalue weighted by Gasteiger charge is -2.27. The number of carbonyl (C=O) groups excluding carboxylic acids is 1. The number of benzene rings is 1. The number of aromatic nitrogens is 4. The summed E-state index contributed by atoms with van der Waals surface area (Å²) in [5.41, 5.74) is 2.08. The van der Waals surface area contributed by atoms with Gasteiger partial charge in [0.2, 0.25) is 0 Å². The molecule has 0 saturated carbocycles. The Balaban J connectivity index is 1.64. The molecule has 144 valence electrons. The van der Waals surface area contributed by atoms with E-state index in [1.807, 2.05) is 13.8 Å². The van der Waals surface area contributed by atoms with E-state index in [0.29, 0.717) is 30.0 Å². The molecule has 28 heavy (non-hydrogen) atoms. The number of hydrogen-bond acceptors (Lipinski definition) is 4. The van der Waals surface area contributed by atoms with Crippen molar-refractivity contribution >= 4 is 5.91 Å². The van der Waals surface area contributed by atoms with Gasteiger partial charge >= 0.3 is 0 Å². The molecule has 0 unspecified atom stereocenters. The van der Waals surface area contributed by atoms with E-state index in [4.69, 9.17) is 0 Å². The largest absolute Gasteiger partial charge is 0.334 e. The molecule has 7 nitrogen and oxygen atoms in total. The minimum Gasteiger partial charge on any atom is -0.334 e. The second kappa shape index (κ2) is 7.03. The van der Waals surface area contributed by atoms with E-state index in [9.17, 15) is 14.0 Å². The average molecular weight is 381 g/mol. The Morgan fingerprint density at radius 2 is 2.07 bits per heavy atom. The Labute approximate surface area is 160 Å². The molecule has 1 amide bonds. The number of rotatable bonds is 3. The van der Waals surface area contributed by atoms with Crippen molar-refractivity contribution in [3.05, 3.63) is 69.3 Å². The molecule has 0 fully saturated rings. The molecule has 4 rings (SSSR count). The first-order valence-corrected chi connectivity index (χ1v) is 9.15. The van der Waals surface area contributed by atoms with E-state index in [1.165, 1.54) is 12.3 Å². The summed E-state index contributed by atoms with van der Waals surface area (Å²) in [5.74, 6) is -0.164. The molecule has 3 heterocycles. The van der Waals surface area contributed by atoms with Gasteiger partial charge in [-0.15, -0.1) is 0 Å². The first-order valence-electron chi connectivity index (χ1n) is 9.15. The number of amides is 1. The van der Waals surface area contributed by atoms with Crippen molar-refractivity contribution in [1.82, 2.24) is 25.1 Å². The van der Waals surface area contributed by atoms with Gasteiger partial charge in [-0.3, -0.25) is 14.7 Å². The van der Waals surface area contributed by atoms with Crippen LogP contribution in [-0.2, 0) is 13.0 Å². The van der Waals surface area contributed by atoms with Crippen molar-refractivity contribution < 1.29 is 9.18 Å². The van der Waals surface area contributed by atoms with E-state index in [0.717, 1.165) is 11.3 Å². The van der Waals surface area contributed by atoms with Crippen LogP contribution in [0.5, 0.6) is 0 Å². The molecule has 0 saturated heterocycles. The number of nitrogens with zero attached hydrogens (tertiary/aromatic N) is 3. The fourth-order valence-electron chi connectivity index (χ4n) is 3.37. The van der Waals surface area contributed by atoms with Crippen LogP contribution in [0.1, 0.15) is 47.2 Å². The Morgan fingerprint density at radius 1 is 1.29 bits per heavy atom. The Kier molecular flexibility index (Phi) is 4.54. The fourth-order valence-corrected chi connectivity index (χ4v) is 3.37. The van der Waals surface area contributed by atoms with Crippen LogP contribution >= 0.6 is 0 Å². The Bertz CT molecular complexity index is 1100. The fraction of sp³-hybridized carbons (Fsp3) is 0.300. The number of carbonyl (C=O) groups is 1. The van der Waals surface area contributed by atoms with E-state index >= 15 is 0 Å². The van der Waals surface area contributed by atoms with Gasteiger partial charge in [0.05, 0.1) is 0 Å². The second-order valence-electron chi connectivity index (χ2n) is 7.15. The molecule has 0 spiro atoms. The van der Waals surface area contributed by atoms with Gasteiger partial charge in [0.15, 0.2) is 0 Å². The zero-order valence-electron chi connectivity index (χ0n) is 15.6. The maximum Gasteiger partial charge on any atom is 0.263 e. The van der Waals surface area contributed by atoms with E-state index in [1.54, 1.807) is 23.1 Å². The van der Waals surface area contributed by atoms with Gasteiger partial charge in [0.1, 0.15) is 22.9 Å². The zero-order chi connectivity index (χ0) is 19.8. The molecule has 0 bridgehead atoms. The third kappa shape index (κ3) is 3.11. The molecule has 0 aliphatic carbocycles. The van der Waals surface area contributed by atoms with Crippen LogP contribution < -0.4 is 5.56 Å². The Morgan fingerprint density at radius 3 is 2.79 bits per heavy atom. The highest BCUT2D eigenvalue weighted by Gasteiger charge is 2.28. The summed E-state index contributed by atoms with van der Waals surface area (Å²) in [6.45, 7) is 4.51. The minimum absolute atomic E-state index is 0.00351. The van der Waals surface area contributed by atoms with Crippen molar-refractivity contribution in [2.24, 2.45) is 0 Å². The van der Waals surface area contributed by atoms with Crippen molar-refractivity contribution in [1.29, 1.82) is 0 Å². The average Bonchev–Trinajstić information content (AvgIpc) is 3.10. The number of fused-ring (bicyclic) bond motifs is 1. The molecular weight excluding hydrogens is 361 g/mol. The molecule has 0 atom stereocenters. The number of nitrogens with one attached hydrogen (secondary N) is 2. The van der Waals surface area contributed by atoms with Crippen LogP contribution in [-0.4, -0.2) is 37.5 Å². The standard InChI is InChI=1S/C20H20FN5O2/c1-11(2)18-22-9-13(19(27)23-18)20(28)26-8-7-16-14(10-26)17(25-24-16)12-5-3-4-6-15(12)21/h3-6,9,11H,7-8,10H2,1-2H3,(H,24,25)(H,22,23,27). The van der Waals surface area contributed by atoms with Gasteiger partial charge in [0.25, 0.3) is 11.5 Å². The SMILES string of the molecule is CC(C)c1ncc(C(=O)N2CCc3[nH]nc(-c4ccccc4F)c3C2)c(=O)[nH]1. The maximum absolute atomic E-state index is 14.2. The summed E-state index contributed by atoms with van der Waals surface area (Å²) < 4.78 is 14.2. The summed E-state index contributed by atoms with van der Waals surface area (Å²) in [5, 5.41) is 7.21. The first kappa shape index (κ1) is 18.1. The number of aromatic amines is 2. The molecule has 0 radical (unpaired) electrons. The van der Waals surface area contributed by atoms with E-state index in [-0.39, 0.29) is 23.8 Å². The quantitative estimate of drug-likeness (QED) is 0.729. The summed E-state index contributed by atoms with van der Waals surface area (Å²) in [6, 6.07) is 6.40. The lowest BCUT2D eigenvalue weighted by molar-refractivity contribution is 0.0732. The van der Waals surface area contributed by atoms with Crippen molar-refractivity contribution in [3.63, 3.8) is 0 Å². The third-order valence-electron chi connectivity index (χ3n) is 4.95. The summed E-state index contributed by atoms with van der Waals surface area (Å²) >= 11 is 0. The monoisotopic (exact) mass is 381 g/mol. The van der Waals surface area contributed by atoms with Gasteiger partial charge in [-0.05, 0) is 12.1 Å². The normalized spacial score (nSPS) is 13.6. The van der Waals surface area contributed by atoms with E-state index in [2.05, 4.69) is 20.2 Å². The molecule has 1 aliphatic rings. The zero-order valence-corrected chi connectivity index (χ0v) is 15.6. The summed E-state index contributed by atoms with van der Waals surface area (Å²) in [6.07, 6.45) is 1.89. The van der Waals surface area contributed by atoms with Gasteiger partial charge < -0.3 is 9.88 Å². The summed E-state index contributed by atoms with van der Waals surface area (Å²) in [7, 11) is 0. The van der Waals surface area contributed by atoms with Gasteiger partial charge in [-0.2, -0.15) is 5.10 Å². The van der Waals surface area contributed by atoms with Crippen LogP contribution in [0.15, 0.2) is 35.3 Å². The van der Waals surface area contributed by atoms with Gasteiger partial charge in [-0.25, -0.2) is 9.37 Å². The lowest BCUT2D eigenvalue weighted by atomic mass is 10.0.